The normalized spacial score (nSPS) is 35.9. The summed E-state index contributed by atoms with van der Waals surface area (Å²) in [7, 11) is 4.30. The van der Waals surface area contributed by atoms with E-state index in [4.69, 9.17) is 32.5 Å². The second kappa shape index (κ2) is 28.3. The number of rotatable bonds is 10. The van der Waals surface area contributed by atoms with Crippen molar-refractivity contribution in [2.24, 2.45) is 40.9 Å². The molecule has 3 aliphatic heterocycles. The lowest BCUT2D eigenvalue weighted by Crippen LogP contribution is -2.61. The molecular formula is C56H87NO16. The lowest BCUT2D eigenvalue weighted by molar-refractivity contribution is -0.265. The Morgan fingerprint density at radius 2 is 1.60 bits per heavy atom. The Bertz CT molecular complexity index is 2120. The Morgan fingerprint density at radius 1 is 0.890 bits per heavy atom. The van der Waals surface area contributed by atoms with E-state index in [0.29, 0.717) is 56.9 Å². The average molecular weight is 1030 g/mol. The molecule has 0 unspecified atom stereocenters. The molecule has 0 aromatic carbocycles. The van der Waals surface area contributed by atoms with Gasteiger partial charge in [-0.1, -0.05) is 71.1 Å². The van der Waals surface area contributed by atoms with E-state index in [0.717, 1.165) is 10.5 Å². The molecule has 0 aromatic rings. The molecule has 412 valence electrons. The Kier molecular flexibility index (Phi) is 22.0. The maximum atomic E-state index is 14.6. The van der Waals surface area contributed by atoms with Crippen molar-refractivity contribution in [1.29, 1.82) is 0 Å². The summed E-state index contributed by atoms with van der Waals surface area (Å²) in [4.78, 5) is 85.8. The first-order valence-corrected chi connectivity index (χ1v) is 26.1. The van der Waals surface area contributed by atoms with Gasteiger partial charge in [-0.15, -0.1) is 0 Å². The molecule has 1 amide bonds. The third kappa shape index (κ3) is 16.0. The minimum Gasteiger partial charge on any atom is -0.460 e. The van der Waals surface area contributed by atoms with Crippen LogP contribution < -0.4 is 0 Å². The molecule has 0 aromatic heterocycles. The smallest absolute Gasteiger partial charge is 0.329 e. The van der Waals surface area contributed by atoms with Crippen LogP contribution in [0.15, 0.2) is 47.6 Å². The molecule has 0 spiro atoms. The standard InChI is InChI=1S/C56H87NO16/c1-33-17-13-12-14-18-34(2)45(68-9)29-41-22-20-39(7)56(67,73-41)51(63)52(64)57-24-16-15-19-42(57)53(65)71-46(30-43(60)35(3)26-38(6)49(62)50(70-11)48(61)37(5)25-33)36(4)27-40-21-23-44(47(28-40)69-10)72-54(66)55(8,31-58)32-59/h12-14,17-18,26,33,35-37,39-42,44-47,49-50,58-59,62,67H,15-16,19-25,27-32H2,1-11H3/t33-,35-,36-,37-,39-,40+,41+,42+,44-,45+,46+,47-,49-,50+,56-/m1/s1/i8D3. The summed E-state index contributed by atoms with van der Waals surface area (Å²) in [5.74, 6) is -10.4. The SMILES string of the molecule is [2H]C([2H])([2H])C(CO)(CO)C(=O)O[C@@H]1CC[C@@H](C[C@@H](C)[C@@H]2CC(=O)[C@H](C)C=C(C)[C@@H](O)[C@@H](OC)C(=O)[C@H](C)C[C@H](C)C=CC=CC=C(C)[C@@H](OC)C[C@@H]3CC[C@@H](C)[C@@](O)(O3)C(=O)C(=O)N3CCCC[C@H]3C(=O)O2)C[C@H]1OC. The van der Waals surface area contributed by atoms with E-state index in [2.05, 4.69) is 0 Å². The number of ketones is 3. The van der Waals surface area contributed by atoms with Crippen molar-refractivity contribution in [3.8, 4) is 0 Å². The summed E-state index contributed by atoms with van der Waals surface area (Å²) in [6, 6.07) is -1.25. The zero-order chi connectivity index (χ0) is 56.9. The monoisotopic (exact) mass is 1030 g/mol. The molecule has 0 radical (unpaired) electrons. The molecule has 3 fully saturated rings. The quantitative estimate of drug-likeness (QED) is 0.116. The van der Waals surface area contributed by atoms with Crippen molar-refractivity contribution in [3.63, 3.8) is 0 Å². The molecule has 15 atom stereocenters. The number of piperidine rings is 1. The molecule has 4 aliphatic rings. The fourth-order valence-corrected chi connectivity index (χ4v) is 10.7. The third-order valence-electron chi connectivity index (χ3n) is 15.6. The number of hydrogen-bond acceptors (Lipinski definition) is 16. The van der Waals surface area contributed by atoms with Crippen LogP contribution in [0.5, 0.6) is 0 Å². The molecule has 17 heteroatoms. The van der Waals surface area contributed by atoms with Gasteiger partial charge in [0, 0.05) is 62.6 Å². The van der Waals surface area contributed by atoms with E-state index in [1.807, 2.05) is 51.2 Å². The number of amides is 1. The lowest BCUT2D eigenvalue weighted by atomic mass is 9.78. The zero-order valence-electron chi connectivity index (χ0n) is 47.8. The van der Waals surface area contributed by atoms with Gasteiger partial charge in [-0.3, -0.25) is 24.0 Å². The first-order valence-electron chi connectivity index (χ1n) is 27.6. The predicted molar refractivity (Wildman–Crippen MR) is 271 cm³/mol. The van der Waals surface area contributed by atoms with Gasteiger partial charge in [0.15, 0.2) is 5.78 Å². The van der Waals surface area contributed by atoms with Crippen LogP contribution in [-0.2, 0) is 57.2 Å². The van der Waals surface area contributed by atoms with Crippen LogP contribution in [0, 0.1) is 40.9 Å². The first-order chi connectivity index (χ1) is 35.7. The number of aliphatic hydroxyl groups excluding tert-OH is 3. The minimum atomic E-state index is -3.07. The number of carbonyl (C=O) groups excluding carboxylic acids is 6. The number of carbonyl (C=O) groups is 6. The maximum Gasteiger partial charge on any atom is 0.329 e. The summed E-state index contributed by atoms with van der Waals surface area (Å²) >= 11 is 0. The fraction of sp³-hybridized carbons (Fsp3) is 0.750. The minimum absolute atomic E-state index is 0.0121. The van der Waals surface area contributed by atoms with Crippen molar-refractivity contribution in [1.82, 2.24) is 4.90 Å². The van der Waals surface area contributed by atoms with Crippen molar-refractivity contribution in [2.75, 3.05) is 41.1 Å². The molecule has 1 saturated carbocycles. The highest BCUT2D eigenvalue weighted by molar-refractivity contribution is 6.39. The number of cyclic esters (lactones) is 1. The number of Topliss-reactive ketones (excluding diaryl/α,β-unsaturated/α-hetero) is 3. The molecule has 73 heavy (non-hydrogen) atoms. The maximum absolute atomic E-state index is 14.6. The fourth-order valence-electron chi connectivity index (χ4n) is 10.7. The molecule has 3 heterocycles. The van der Waals surface area contributed by atoms with Crippen molar-refractivity contribution in [3.05, 3.63) is 47.6 Å². The zero-order valence-corrected chi connectivity index (χ0v) is 44.8. The van der Waals surface area contributed by atoms with Crippen LogP contribution >= 0.6 is 0 Å². The molecule has 17 nitrogen and oxygen atoms in total. The van der Waals surface area contributed by atoms with Gasteiger partial charge in [-0.2, -0.15) is 0 Å². The van der Waals surface area contributed by atoms with Gasteiger partial charge in [-0.05, 0) is 114 Å². The van der Waals surface area contributed by atoms with E-state index >= 15 is 0 Å². The Balaban J connectivity index is 1.70. The summed E-state index contributed by atoms with van der Waals surface area (Å²) in [5, 5.41) is 43.4. The Labute approximate surface area is 437 Å². The molecule has 2 bridgehead atoms. The third-order valence-corrected chi connectivity index (χ3v) is 15.6. The second-order valence-corrected chi connectivity index (χ2v) is 21.4. The van der Waals surface area contributed by atoms with E-state index in [-0.39, 0.29) is 55.6 Å². The molecule has 4 rings (SSSR count). The van der Waals surface area contributed by atoms with Gasteiger partial charge in [0.2, 0.25) is 5.79 Å². The van der Waals surface area contributed by atoms with E-state index in [9.17, 15) is 49.2 Å². The number of ether oxygens (including phenoxy) is 6. The van der Waals surface area contributed by atoms with Crippen LogP contribution in [0.1, 0.15) is 136 Å². The number of nitrogens with zero attached hydrogens (tertiary/aromatic N) is 1. The number of allylic oxidation sites excluding steroid dienone is 6. The number of aliphatic hydroxyl groups is 4. The van der Waals surface area contributed by atoms with Crippen molar-refractivity contribution < 1.29 is 81.7 Å². The summed E-state index contributed by atoms with van der Waals surface area (Å²) < 4.78 is 58.7. The average Bonchev–Trinajstić information content (AvgIpc) is 3.38. The largest absolute Gasteiger partial charge is 0.460 e. The van der Waals surface area contributed by atoms with Crippen LogP contribution in [0.25, 0.3) is 0 Å². The summed E-state index contributed by atoms with van der Waals surface area (Å²) in [5.41, 5.74) is -1.39. The summed E-state index contributed by atoms with van der Waals surface area (Å²) in [6.07, 6.45) is 8.19. The highest BCUT2D eigenvalue weighted by Crippen LogP contribution is 2.38. The van der Waals surface area contributed by atoms with Crippen LogP contribution in [0.4, 0.5) is 0 Å². The van der Waals surface area contributed by atoms with E-state index in [1.54, 1.807) is 40.9 Å². The van der Waals surface area contributed by atoms with E-state index < -0.39 is 127 Å². The predicted octanol–water partition coefficient (Wildman–Crippen LogP) is 5.72. The first kappa shape index (κ1) is 56.8. The second-order valence-electron chi connectivity index (χ2n) is 21.4. The van der Waals surface area contributed by atoms with Crippen LogP contribution in [0.3, 0.4) is 0 Å². The van der Waals surface area contributed by atoms with Gasteiger partial charge < -0.3 is 53.7 Å². The van der Waals surface area contributed by atoms with Crippen molar-refractivity contribution >= 4 is 35.2 Å². The summed E-state index contributed by atoms with van der Waals surface area (Å²) in [6.45, 7) is 6.91. The molecular weight excluding hydrogens is 943 g/mol. The number of methoxy groups -OCH3 is 3. The van der Waals surface area contributed by atoms with Gasteiger partial charge in [0.1, 0.15) is 41.7 Å². The Hall–Kier alpha value is -3.94. The Morgan fingerprint density at radius 3 is 2.25 bits per heavy atom. The topological polar surface area (TPSA) is 242 Å². The van der Waals surface area contributed by atoms with Crippen LogP contribution in [-0.4, -0.2) is 156 Å². The van der Waals surface area contributed by atoms with Crippen LogP contribution in [0.2, 0.25) is 0 Å². The number of esters is 2. The van der Waals surface area contributed by atoms with E-state index in [1.165, 1.54) is 14.2 Å². The molecule has 4 N–H and O–H groups in total. The number of hydrogen-bond donors (Lipinski definition) is 4. The van der Waals surface area contributed by atoms with Gasteiger partial charge in [-0.25, -0.2) is 4.79 Å². The van der Waals surface area contributed by atoms with Gasteiger partial charge in [0.05, 0.1) is 31.5 Å². The molecule has 1 aliphatic carbocycles. The van der Waals surface area contributed by atoms with Crippen molar-refractivity contribution in [2.45, 2.75) is 187 Å². The number of fused-ring (bicyclic) bond motifs is 3. The lowest BCUT2D eigenvalue weighted by Gasteiger charge is -2.42. The highest BCUT2D eigenvalue weighted by Gasteiger charge is 2.53. The van der Waals surface area contributed by atoms with Gasteiger partial charge >= 0.3 is 11.9 Å². The molecule has 2 saturated heterocycles. The highest BCUT2D eigenvalue weighted by atomic mass is 16.6. The van der Waals surface area contributed by atoms with Gasteiger partial charge in [0.25, 0.3) is 11.7 Å².